The average molecular weight is 284 g/mol. The number of para-hydroxylation sites is 1. The van der Waals surface area contributed by atoms with Gasteiger partial charge in [-0.05, 0) is 24.6 Å². The quantitative estimate of drug-likeness (QED) is 0.703. The molecule has 0 atom stereocenters. The van der Waals surface area contributed by atoms with Gasteiger partial charge in [0.25, 0.3) is 0 Å². The normalized spacial score (nSPS) is 10.7. The van der Waals surface area contributed by atoms with Gasteiger partial charge in [-0.2, -0.15) is 0 Å². The molecule has 0 aliphatic rings. The Balaban J connectivity index is 2.07. The number of aromatic nitrogens is 1. The van der Waals surface area contributed by atoms with Gasteiger partial charge in [0.1, 0.15) is 10.8 Å². The van der Waals surface area contributed by atoms with Gasteiger partial charge in [0.15, 0.2) is 0 Å². The molecule has 1 aromatic heterocycles. The molecule has 0 saturated heterocycles. The van der Waals surface area contributed by atoms with Crippen molar-refractivity contribution in [3.8, 4) is 21.8 Å². The third-order valence-corrected chi connectivity index (χ3v) is 4.04. The van der Waals surface area contributed by atoms with Gasteiger partial charge in [0, 0.05) is 22.2 Å². The van der Waals surface area contributed by atoms with Crippen LogP contribution in [-0.2, 0) is 0 Å². The van der Waals surface area contributed by atoms with Crippen LogP contribution in [0.3, 0.4) is 0 Å². The lowest BCUT2D eigenvalue weighted by Crippen LogP contribution is -1.90. The zero-order valence-corrected chi connectivity index (χ0v) is 11.7. The maximum atomic E-state index is 14.1. The third kappa shape index (κ3) is 2.18. The molecule has 0 unspecified atom stereocenters. The van der Waals surface area contributed by atoms with E-state index in [-0.39, 0.29) is 5.82 Å². The van der Waals surface area contributed by atoms with Crippen molar-refractivity contribution in [2.24, 2.45) is 0 Å². The molecule has 0 amide bonds. The Morgan fingerprint density at radius 3 is 2.60 bits per heavy atom. The van der Waals surface area contributed by atoms with E-state index in [0.717, 1.165) is 11.3 Å². The number of nitrogens with zero attached hydrogens (tertiary/aromatic N) is 1. The molecule has 0 aliphatic heterocycles. The minimum Gasteiger partial charge on any atom is -0.398 e. The van der Waals surface area contributed by atoms with E-state index < -0.39 is 0 Å². The number of nitrogen functional groups attached to an aromatic ring is 1. The van der Waals surface area contributed by atoms with Crippen LogP contribution < -0.4 is 5.73 Å². The van der Waals surface area contributed by atoms with Crippen LogP contribution in [-0.4, -0.2) is 4.98 Å². The van der Waals surface area contributed by atoms with E-state index in [2.05, 4.69) is 4.98 Å². The lowest BCUT2D eigenvalue weighted by molar-refractivity contribution is 0.622. The van der Waals surface area contributed by atoms with Crippen molar-refractivity contribution >= 4 is 17.0 Å². The largest absolute Gasteiger partial charge is 0.398 e. The zero-order chi connectivity index (χ0) is 14.1. The summed E-state index contributed by atoms with van der Waals surface area (Å²) >= 11 is 1.42. The summed E-state index contributed by atoms with van der Waals surface area (Å²) in [4.78, 5) is 4.51. The summed E-state index contributed by atoms with van der Waals surface area (Å²) in [6, 6.07) is 12.9. The van der Waals surface area contributed by atoms with Gasteiger partial charge in [0.05, 0.1) is 5.69 Å². The van der Waals surface area contributed by atoms with Gasteiger partial charge < -0.3 is 5.73 Å². The lowest BCUT2D eigenvalue weighted by atomic mass is 10.1. The van der Waals surface area contributed by atoms with Crippen molar-refractivity contribution in [3.63, 3.8) is 0 Å². The molecule has 0 saturated carbocycles. The van der Waals surface area contributed by atoms with Crippen LogP contribution in [0, 0.1) is 12.7 Å². The number of aryl methyl sites for hydroxylation is 1. The van der Waals surface area contributed by atoms with Gasteiger partial charge in [-0.25, -0.2) is 9.37 Å². The summed E-state index contributed by atoms with van der Waals surface area (Å²) in [6.07, 6.45) is 0. The number of anilines is 1. The summed E-state index contributed by atoms with van der Waals surface area (Å²) in [5.74, 6) is -0.213. The molecule has 2 nitrogen and oxygen atoms in total. The minimum absolute atomic E-state index is 0.213. The van der Waals surface area contributed by atoms with Crippen LogP contribution in [0.2, 0.25) is 0 Å². The summed E-state index contributed by atoms with van der Waals surface area (Å²) in [6.45, 7) is 1.75. The number of halogens is 1. The molecule has 3 aromatic rings. The molecule has 0 bridgehead atoms. The molecule has 2 aromatic carbocycles. The first-order valence-corrected chi connectivity index (χ1v) is 7.10. The van der Waals surface area contributed by atoms with Crippen LogP contribution in [0.5, 0.6) is 0 Å². The summed E-state index contributed by atoms with van der Waals surface area (Å²) in [5.41, 5.74) is 9.44. The SMILES string of the molecule is Cc1cccc(-c2nc(-c3ccccc3N)cs2)c1F. The van der Waals surface area contributed by atoms with Crippen molar-refractivity contribution in [1.82, 2.24) is 4.98 Å². The first-order valence-electron chi connectivity index (χ1n) is 6.22. The highest BCUT2D eigenvalue weighted by Gasteiger charge is 2.13. The van der Waals surface area contributed by atoms with Gasteiger partial charge in [-0.3, -0.25) is 0 Å². The molecule has 1 heterocycles. The van der Waals surface area contributed by atoms with Crippen molar-refractivity contribution in [2.45, 2.75) is 6.92 Å². The monoisotopic (exact) mass is 284 g/mol. The summed E-state index contributed by atoms with van der Waals surface area (Å²) in [5, 5.41) is 2.58. The fraction of sp³-hybridized carbons (Fsp3) is 0.0625. The Bertz CT molecular complexity index is 765. The molecule has 0 radical (unpaired) electrons. The Hall–Kier alpha value is -2.20. The summed E-state index contributed by atoms with van der Waals surface area (Å²) < 4.78 is 14.1. The predicted molar refractivity (Wildman–Crippen MR) is 82.1 cm³/mol. The minimum atomic E-state index is -0.213. The Morgan fingerprint density at radius 1 is 1.05 bits per heavy atom. The molecule has 0 aliphatic carbocycles. The highest BCUT2D eigenvalue weighted by Crippen LogP contribution is 2.33. The molecule has 2 N–H and O–H groups in total. The highest BCUT2D eigenvalue weighted by molar-refractivity contribution is 7.13. The van der Waals surface area contributed by atoms with Gasteiger partial charge in [0.2, 0.25) is 0 Å². The standard InChI is InChI=1S/C16H13FN2S/c1-10-5-4-7-12(15(10)17)16-19-14(9-20-16)11-6-2-3-8-13(11)18/h2-9H,18H2,1H3. The smallest absolute Gasteiger partial charge is 0.136 e. The average Bonchev–Trinajstić information content (AvgIpc) is 2.92. The second-order valence-electron chi connectivity index (χ2n) is 4.56. The maximum Gasteiger partial charge on any atom is 0.136 e. The number of thiazole rings is 1. The highest BCUT2D eigenvalue weighted by atomic mass is 32.1. The van der Waals surface area contributed by atoms with E-state index in [4.69, 9.17) is 5.73 Å². The Labute approximate surface area is 120 Å². The van der Waals surface area contributed by atoms with Crippen molar-refractivity contribution in [2.75, 3.05) is 5.73 Å². The van der Waals surface area contributed by atoms with E-state index in [1.54, 1.807) is 19.1 Å². The second-order valence-corrected chi connectivity index (χ2v) is 5.42. The van der Waals surface area contributed by atoms with Crippen LogP contribution in [0.25, 0.3) is 21.8 Å². The number of hydrogen-bond acceptors (Lipinski definition) is 3. The van der Waals surface area contributed by atoms with E-state index in [1.165, 1.54) is 11.3 Å². The Morgan fingerprint density at radius 2 is 1.80 bits per heavy atom. The number of rotatable bonds is 2. The zero-order valence-electron chi connectivity index (χ0n) is 10.9. The molecule has 3 rings (SSSR count). The molecular formula is C16H13FN2S. The number of benzene rings is 2. The number of nitrogens with two attached hydrogens (primary N) is 1. The topological polar surface area (TPSA) is 38.9 Å². The lowest BCUT2D eigenvalue weighted by Gasteiger charge is -2.02. The van der Waals surface area contributed by atoms with E-state index in [1.807, 2.05) is 35.7 Å². The van der Waals surface area contributed by atoms with E-state index in [0.29, 0.717) is 21.8 Å². The van der Waals surface area contributed by atoms with E-state index >= 15 is 0 Å². The van der Waals surface area contributed by atoms with Crippen molar-refractivity contribution < 1.29 is 4.39 Å². The molecule has 0 spiro atoms. The number of hydrogen-bond donors (Lipinski definition) is 1. The maximum absolute atomic E-state index is 14.1. The van der Waals surface area contributed by atoms with Crippen LogP contribution in [0.1, 0.15) is 5.56 Å². The third-order valence-electron chi connectivity index (χ3n) is 3.16. The van der Waals surface area contributed by atoms with Gasteiger partial charge in [-0.1, -0.05) is 30.3 Å². The Kier molecular flexibility index (Phi) is 3.24. The van der Waals surface area contributed by atoms with Crippen LogP contribution >= 0.6 is 11.3 Å². The van der Waals surface area contributed by atoms with E-state index in [9.17, 15) is 4.39 Å². The summed E-state index contributed by atoms with van der Waals surface area (Å²) in [7, 11) is 0. The van der Waals surface area contributed by atoms with Gasteiger partial charge >= 0.3 is 0 Å². The van der Waals surface area contributed by atoms with Crippen molar-refractivity contribution in [1.29, 1.82) is 0 Å². The van der Waals surface area contributed by atoms with Crippen LogP contribution in [0.15, 0.2) is 47.8 Å². The predicted octanol–water partition coefficient (Wildman–Crippen LogP) is 4.51. The second kappa shape index (κ2) is 5.06. The molecule has 4 heteroatoms. The van der Waals surface area contributed by atoms with Crippen molar-refractivity contribution in [3.05, 3.63) is 59.2 Å². The molecule has 20 heavy (non-hydrogen) atoms. The molecule has 0 fully saturated rings. The first-order chi connectivity index (χ1) is 9.66. The van der Waals surface area contributed by atoms with Crippen LogP contribution in [0.4, 0.5) is 10.1 Å². The fourth-order valence-electron chi connectivity index (χ4n) is 2.06. The van der Waals surface area contributed by atoms with Gasteiger partial charge in [-0.15, -0.1) is 11.3 Å². The molecular weight excluding hydrogens is 271 g/mol. The fourth-order valence-corrected chi connectivity index (χ4v) is 2.90. The first kappa shape index (κ1) is 12.8. The molecule has 100 valence electrons.